The van der Waals surface area contributed by atoms with Crippen LogP contribution in [0.1, 0.15) is 26.8 Å². The number of anilines is 2. The van der Waals surface area contributed by atoms with Crippen LogP contribution in [0.25, 0.3) is 0 Å². The van der Waals surface area contributed by atoms with Gasteiger partial charge in [-0.3, -0.25) is 14.9 Å². The Morgan fingerprint density at radius 3 is 2.49 bits per heavy atom. The van der Waals surface area contributed by atoms with Gasteiger partial charge in [-0.1, -0.05) is 48.5 Å². The summed E-state index contributed by atoms with van der Waals surface area (Å²) in [5, 5.41) is 11.1. The summed E-state index contributed by atoms with van der Waals surface area (Å²) in [7, 11) is 0. The van der Waals surface area contributed by atoms with Gasteiger partial charge in [0.25, 0.3) is 5.91 Å². The molecule has 7 nitrogen and oxygen atoms in total. The summed E-state index contributed by atoms with van der Waals surface area (Å²) in [4.78, 5) is 26.9. The number of hydrogen-bond donors (Lipinski definition) is 3. The van der Waals surface area contributed by atoms with Crippen molar-refractivity contribution in [1.82, 2.24) is 5.32 Å². The topological polar surface area (TPSA) is 88.7 Å². The fourth-order valence-corrected chi connectivity index (χ4v) is 4.66. The van der Waals surface area contributed by atoms with Crippen LogP contribution in [0.15, 0.2) is 90.3 Å². The van der Waals surface area contributed by atoms with Crippen LogP contribution in [-0.4, -0.2) is 25.2 Å². The van der Waals surface area contributed by atoms with Gasteiger partial charge in [0.2, 0.25) is 12.7 Å². The molecule has 0 spiro atoms. The average molecular weight is 486 g/mol. The zero-order chi connectivity index (χ0) is 24.0. The van der Waals surface area contributed by atoms with Gasteiger partial charge in [0, 0.05) is 16.6 Å². The minimum absolute atomic E-state index is 0.0789. The number of para-hydroxylation sites is 1. The zero-order valence-corrected chi connectivity index (χ0v) is 19.5. The summed E-state index contributed by atoms with van der Waals surface area (Å²) in [6.45, 7) is 0.239. The number of hydrogen-bond acceptors (Lipinski definition) is 6. The van der Waals surface area contributed by atoms with E-state index in [1.54, 1.807) is 53.8 Å². The van der Waals surface area contributed by atoms with E-state index in [0.29, 0.717) is 28.4 Å². The number of ether oxygens (including phenoxy) is 2. The van der Waals surface area contributed by atoms with Gasteiger partial charge in [-0.25, -0.2) is 0 Å². The molecule has 5 rings (SSSR count). The molecular weight excluding hydrogens is 462 g/mol. The van der Waals surface area contributed by atoms with Crippen LogP contribution < -0.4 is 25.4 Å². The maximum atomic E-state index is 13.0. The van der Waals surface area contributed by atoms with Crippen molar-refractivity contribution in [3.63, 3.8) is 0 Å². The van der Waals surface area contributed by atoms with E-state index < -0.39 is 0 Å². The Hall–Kier alpha value is -4.14. The van der Waals surface area contributed by atoms with Crippen LogP contribution in [0.2, 0.25) is 0 Å². The number of thiophene rings is 1. The number of benzene rings is 3. The molecule has 2 amide bonds. The monoisotopic (exact) mass is 485 g/mol. The van der Waals surface area contributed by atoms with E-state index in [2.05, 4.69) is 16.0 Å². The molecule has 0 aliphatic carbocycles. The van der Waals surface area contributed by atoms with Gasteiger partial charge >= 0.3 is 0 Å². The minimum Gasteiger partial charge on any atom is -0.454 e. The van der Waals surface area contributed by atoms with Gasteiger partial charge in [0.1, 0.15) is 0 Å². The zero-order valence-electron chi connectivity index (χ0n) is 18.7. The predicted octanol–water partition coefficient (Wildman–Crippen LogP) is 5.05. The number of carbonyl (C=O) groups excluding carboxylic acids is 2. The summed E-state index contributed by atoms with van der Waals surface area (Å²) in [6, 6.07) is 26.0. The highest BCUT2D eigenvalue weighted by molar-refractivity contribution is 7.10. The van der Waals surface area contributed by atoms with Gasteiger partial charge in [-0.15, -0.1) is 11.3 Å². The third-order valence-electron chi connectivity index (χ3n) is 5.50. The highest BCUT2D eigenvalue weighted by Crippen LogP contribution is 2.34. The van der Waals surface area contributed by atoms with E-state index in [-0.39, 0.29) is 31.2 Å². The fourth-order valence-electron chi connectivity index (χ4n) is 3.84. The summed E-state index contributed by atoms with van der Waals surface area (Å²) in [5.74, 6) is 0.632. The lowest BCUT2D eigenvalue weighted by Crippen LogP contribution is -2.32. The number of nitrogens with one attached hydrogen (secondary N) is 3. The van der Waals surface area contributed by atoms with Gasteiger partial charge in [-0.2, -0.15) is 0 Å². The first-order chi connectivity index (χ1) is 17.2. The molecule has 176 valence electrons. The van der Waals surface area contributed by atoms with E-state index in [1.165, 1.54) is 0 Å². The fraction of sp³-hybridized carbons (Fsp3) is 0.111. The van der Waals surface area contributed by atoms with Crippen LogP contribution in [0.3, 0.4) is 0 Å². The molecule has 8 heteroatoms. The quantitative estimate of drug-likeness (QED) is 0.325. The molecule has 0 fully saturated rings. The lowest BCUT2D eigenvalue weighted by Gasteiger charge is -2.18. The summed E-state index contributed by atoms with van der Waals surface area (Å²) in [5.41, 5.74) is 2.44. The normalized spacial score (nSPS) is 12.7. The van der Waals surface area contributed by atoms with Crippen LogP contribution >= 0.6 is 11.3 Å². The Kier molecular flexibility index (Phi) is 6.74. The molecule has 35 heavy (non-hydrogen) atoms. The highest BCUT2D eigenvalue weighted by Gasteiger charge is 2.19. The van der Waals surface area contributed by atoms with Crippen molar-refractivity contribution in [2.75, 3.05) is 24.0 Å². The molecule has 3 aromatic carbocycles. The van der Waals surface area contributed by atoms with Crippen LogP contribution in [0, 0.1) is 0 Å². The summed E-state index contributed by atoms with van der Waals surface area (Å²) < 4.78 is 10.7. The third kappa shape index (κ3) is 5.34. The Balaban J connectivity index is 1.25. The molecular formula is C27H23N3O4S. The molecule has 2 heterocycles. The average Bonchev–Trinajstić information content (AvgIpc) is 3.57. The number of carbonyl (C=O) groups is 2. The number of fused-ring (bicyclic) bond motifs is 1. The standard InChI is InChI=1S/C27H23N3O4S/c31-25(16-28-26(24-11-6-14-35-24)18-7-2-1-3-8-18)30-21-10-5-4-9-20(21)27(32)29-19-12-13-22-23(15-19)34-17-33-22/h1-15,26,28H,16-17H2,(H,29,32)(H,30,31)/t26-/m1/s1. The molecule has 0 bridgehead atoms. The van der Waals surface area contributed by atoms with Crippen LogP contribution in [0.4, 0.5) is 11.4 Å². The Morgan fingerprint density at radius 1 is 0.857 bits per heavy atom. The van der Waals surface area contributed by atoms with Gasteiger partial charge in [-0.05, 0) is 41.3 Å². The molecule has 1 atom stereocenters. The first kappa shape index (κ1) is 22.6. The van der Waals surface area contributed by atoms with E-state index in [4.69, 9.17) is 9.47 Å². The Morgan fingerprint density at radius 2 is 1.66 bits per heavy atom. The lowest BCUT2D eigenvalue weighted by molar-refractivity contribution is -0.115. The molecule has 0 saturated heterocycles. The van der Waals surface area contributed by atoms with Crippen molar-refractivity contribution in [2.24, 2.45) is 0 Å². The SMILES string of the molecule is O=C(CN[C@H](c1ccccc1)c1cccs1)Nc1ccccc1C(=O)Nc1ccc2c(c1)OCO2. The van der Waals surface area contributed by atoms with Crippen molar-refractivity contribution in [3.05, 3.63) is 106 Å². The molecule has 0 saturated carbocycles. The third-order valence-corrected chi connectivity index (χ3v) is 6.44. The Labute approximate surface area is 206 Å². The van der Waals surface area contributed by atoms with E-state index in [9.17, 15) is 9.59 Å². The first-order valence-electron chi connectivity index (χ1n) is 11.1. The van der Waals surface area contributed by atoms with Crippen LogP contribution in [-0.2, 0) is 4.79 Å². The second-order valence-corrected chi connectivity index (χ2v) is 8.84. The van der Waals surface area contributed by atoms with Gasteiger partial charge in [0.05, 0.1) is 23.8 Å². The molecule has 0 unspecified atom stereocenters. The van der Waals surface area contributed by atoms with E-state index in [1.807, 2.05) is 47.8 Å². The van der Waals surface area contributed by atoms with Gasteiger partial charge in [0.15, 0.2) is 11.5 Å². The van der Waals surface area contributed by atoms with Crippen molar-refractivity contribution >= 4 is 34.5 Å². The minimum atomic E-state index is -0.339. The van der Waals surface area contributed by atoms with Crippen molar-refractivity contribution in [1.29, 1.82) is 0 Å². The lowest BCUT2D eigenvalue weighted by atomic mass is 10.1. The second-order valence-electron chi connectivity index (χ2n) is 7.86. The molecule has 1 aliphatic rings. The maximum Gasteiger partial charge on any atom is 0.257 e. The predicted molar refractivity (Wildman–Crippen MR) is 136 cm³/mol. The maximum absolute atomic E-state index is 13.0. The van der Waals surface area contributed by atoms with Crippen molar-refractivity contribution in [3.8, 4) is 11.5 Å². The smallest absolute Gasteiger partial charge is 0.257 e. The summed E-state index contributed by atoms with van der Waals surface area (Å²) in [6.07, 6.45) is 0. The van der Waals surface area contributed by atoms with Gasteiger partial charge < -0.3 is 20.1 Å². The molecule has 1 aliphatic heterocycles. The molecule has 3 N–H and O–H groups in total. The largest absolute Gasteiger partial charge is 0.454 e. The number of amides is 2. The van der Waals surface area contributed by atoms with Crippen molar-refractivity contribution < 1.29 is 19.1 Å². The summed E-state index contributed by atoms with van der Waals surface area (Å²) >= 11 is 1.63. The molecule has 1 aromatic heterocycles. The first-order valence-corrected chi connectivity index (χ1v) is 12.0. The molecule has 0 radical (unpaired) electrons. The Bertz CT molecular complexity index is 1330. The van der Waals surface area contributed by atoms with E-state index >= 15 is 0 Å². The number of rotatable bonds is 8. The van der Waals surface area contributed by atoms with Crippen molar-refractivity contribution in [2.45, 2.75) is 6.04 Å². The van der Waals surface area contributed by atoms with Crippen LogP contribution in [0.5, 0.6) is 11.5 Å². The molecule has 4 aromatic rings. The van der Waals surface area contributed by atoms with E-state index in [0.717, 1.165) is 10.4 Å². The second kappa shape index (κ2) is 10.4. The highest BCUT2D eigenvalue weighted by atomic mass is 32.1.